The third-order valence-electron chi connectivity index (χ3n) is 3.81. The molecule has 0 aliphatic heterocycles. The smallest absolute Gasteiger partial charge is 0.222 e. The van der Waals surface area contributed by atoms with Gasteiger partial charge < -0.3 is 10.6 Å². The standard InChI is InChI=1S/C17H22N8S/c1-12(7-20-17-21-9-15(26-3)10-22-17)6-18-16-5-4-14(8-19-16)25-13(2)23-11-24-25/h4-5,8-12H,6-7H2,1-3H3,(H,18,19)(H,20,21,22). The van der Waals surface area contributed by atoms with Gasteiger partial charge in [0.05, 0.1) is 11.9 Å². The second-order valence-electron chi connectivity index (χ2n) is 5.93. The number of aryl methyl sites for hydroxylation is 1. The molecule has 0 spiro atoms. The maximum absolute atomic E-state index is 4.44. The molecular weight excluding hydrogens is 348 g/mol. The number of hydrogen-bond donors (Lipinski definition) is 2. The number of aromatic nitrogens is 6. The topological polar surface area (TPSA) is 93.4 Å². The molecule has 3 aromatic rings. The third kappa shape index (κ3) is 4.69. The minimum atomic E-state index is 0.387. The van der Waals surface area contributed by atoms with Crippen molar-refractivity contribution in [1.29, 1.82) is 0 Å². The molecule has 136 valence electrons. The van der Waals surface area contributed by atoms with E-state index in [1.165, 1.54) is 6.33 Å². The van der Waals surface area contributed by atoms with E-state index in [1.807, 2.05) is 37.7 Å². The summed E-state index contributed by atoms with van der Waals surface area (Å²) in [6.45, 7) is 5.64. The van der Waals surface area contributed by atoms with Crippen molar-refractivity contribution in [3.8, 4) is 5.69 Å². The molecule has 0 saturated heterocycles. The highest BCUT2D eigenvalue weighted by Crippen LogP contribution is 2.13. The Balaban J connectivity index is 1.46. The molecule has 0 aromatic carbocycles. The van der Waals surface area contributed by atoms with E-state index in [2.05, 4.69) is 42.6 Å². The number of hydrogen-bond acceptors (Lipinski definition) is 8. The fourth-order valence-electron chi connectivity index (χ4n) is 2.30. The molecule has 0 saturated carbocycles. The van der Waals surface area contributed by atoms with Crippen LogP contribution in [0, 0.1) is 12.8 Å². The predicted octanol–water partition coefficient (Wildman–Crippen LogP) is 2.64. The van der Waals surface area contributed by atoms with Gasteiger partial charge in [0.15, 0.2) is 0 Å². The molecule has 0 amide bonds. The van der Waals surface area contributed by atoms with Crippen LogP contribution in [0.15, 0.2) is 41.9 Å². The van der Waals surface area contributed by atoms with Crippen LogP contribution >= 0.6 is 11.8 Å². The van der Waals surface area contributed by atoms with Gasteiger partial charge in [0.1, 0.15) is 18.0 Å². The average Bonchev–Trinajstić information content (AvgIpc) is 3.11. The first-order valence-electron chi connectivity index (χ1n) is 8.32. The minimum absolute atomic E-state index is 0.387. The monoisotopic (exact) mass is 370 g/mol. The first-order valence-corrected chi connectivity index (χ1v) is 9.55. The van der Waals surface area contributed by atoms with Gasteiger partial charge in [-0.25, -0.2) is 24.6 Å². The zero-order valence-corrected chi connectivity index (χ0v) is 15.9. The Bertz CT molecular complexity index is 816. The van der Waals surface area contributed by atoms with E-state index in [0.717, 1.165) is 35.3 Å². The first-order chi connectivity index (χ1) is 12.7. The van der Waals surface area contributed by atoms with E-state index in [-0.39, 0.29) is 0 Å². The molecule has 3 rings (SSSR count). The van der Waals surface area contributed by atoms with Crippen molar-refractivity contribution < 1.29 is 0 Å². The van der Waals surface area contributed by atoms with Crippen LogP contribution < -0.4 is 10.6 Å². The molecule has 9 heteroatoms. The van der Waals surface area contributed by atoms with Crippen LogP contribution in [-0.4, -0.2) is 49.1 Å². The molecule has 0 radical (unpaired) electrons. The Hall–Kier alpha value is -2.68. The van der Waals surface area contributed by atoms with Crippen LogP contribution in [0.5, 0.6) is 0 Å². The molecule has 0 aliphatic rings. The highest BCUT2D eigenvalue weighted by Gasteiger charge is 2.06. The quantitative estimate of drug-likeness (QED) is 0.585. The fourth-order valence-corrected chi connectivity index (χ4v) is 2.61. The van der Waals surface area contributed by atoms with Crippen molar-refractivity contribution in [2.45, 2.75) is 18.7 Å². The lowest BCUT2D eigenvalue weighted by molar-refractivity contribution is 0.644. The lowest BCUT2D eigenvalue weighted by Crippen LogP contribution is -2.21. The highest BCUT2D eigenvalue weighted by atomic mass is 32.2. The van der Waals surface area contributed by atoms with Crippen molar-refractivity contribution in [3.63, 3.8) is 0 Å². The van der Waals surface area contributed by atoms with Crippen molar-refractivity contribution in [2.75, 3.05) is 30.0 Å². The molecular formula is C17H22N8S. The maximum Gasteiger partial charge on any atom is 0.222 e. The van der Waals surface area contributed by atoms with E-state index in [1.54, 1.807) is 22.6 Å². The van der Waals surface area contributed by atoms with Crippen LogP contribution in [-0.2, 0) is 0 Å². The van der Waals surface area contributed by atoms with Gasteiger partial charge in [-0.15, -0.1) is 11.8 Å². The third-order valence-corrected chi connectivity index (χ3v) is 4.50. The summed E-state index contributed by atoms with van der Waals surface area (Å²) in [7, 11) is 0. The van der Waals surface area contributed by atoms with Gasteiger partial charge >= 0.3 is 0 Å². The lowest BCUT2D eigenvalue weighted by atomic mass is 10.2. The maximum atomic E-state index is 4.44. The van der Waals surface area contributed by atoms with Crippen LogP contribution in [0.1, 0.15) is 12.7 Å². The first kappa shape index (κ1) is 18.1. The highest BCUT2D eigenvalue weighted by molar-refractivity contribution is 7.98. The number of anilines is 2. The molecule has 3 heterocycles. The van der Waals surface area contributed by atoms with Crippen LogP contribution in [0.3, 0.4) is 0 Å². The summed E-state index contributed by atoms with van der Waals surface area (Å²) in [5.74, 6) is 2.71. The van der Waals surface area contributed by atoms with E-state index >= 15 is 0 Å². The summed E-state index contributed by atoms with van der Waals surface area (Å²) < 4.78 is 1.76. The molecule has 3 aromatic heterocycles. The van der Waals surface area contributed by atoms with Gasteiger partial charge in [0, 0.05) is 30.4 Å². The molecule has 0 aliphatic carbocycles. The summed E-state index contributed by atoms with van der Waals surface area (Å²) in [5.41, 5.74) is 0.895. The Morgan fingerprint density at radius 2 is 1.81 bits per heavy atom. The Morgan fingerprint density at radius 1 is 1.04 bits per heavy atom. The van der Waals surface area contributed by atoms with Gasteiger partial charge in [-0.2, -0.15) is 5.10 Å². The lowest BCUT2D eigenvalue weighted by Gasteiger charge is -2.14. The van der Waals surface area contributed by atoms with Gasteiger partial charge in [-0.1, -0.05) is 6.92 Å². The van der Waals surface area contributed by atoms with E-state index < -0.39 is 0 Å². The Labute approximate surface area is 156 Å². The Kier molecular flexibility index (Phi) is 6.00. The molecule has 1 atom stereocenters. The number of nitrogens with one attached hydrogen (secondary N) is 2. The SMILES string of the molecule is CSc1cnc(NCC(C)CNc2ccc(-n3ncnc3C)cn2)nc1. The van der Waals surface area contributed by atoms with Gasteiger partial charge in [0.25, 0.3) is 0 Å². The summed E-state index contributed by atoms with van der Waals surface area (Å²) in [5, 5.41) is 10.8. The molecule has 26 heavy (non-hydrogen) atoms. The summed E-state index contributed by atoms with van der Waals surface area (Å²) in [4.78, 5) is 18.2. The van der Waals surface area contributed by atoms with E-state index in [4.69, 9.17) is 0 Å². The largest absolute Gasteiger partial charge is 0.370 e. The van der Waals surface area contributed by atoms with Crippen molar-refractivity contribution in [3.05, 3.63) is 42.9 Å². The number of thioether (sulfide) groups is 1. The molecule has 0 fully saturated rings. The zero-order chi connectivity index (χ0) is 18.4. The molecule has 1 unspecified atom stereocenters. The second-order valence-corrected chi connectivity index (χ2v) is 6.81. The predicted molar refractivity (Wildman–Crippen MR) is 104 cm³/mol. The normalized spacial score (nSPS) is 12.0. The fraction of sp³-hybridized carbons (Fsp3) is 0.353. The van der Waals surface area contributed by atoms with Crippen LogP contribution in [0.2, 0.25) is 0 Å². The summed E-state index contributed by atoms with van der Waals surface area (Å²) in [6.07, 6.45) is 8.98. The zero-order valence-electron chi connectivity index (χ0n) is 15.0. The van der Waals surface area contributed by atoms with Gasteiger partial charge in [-0.05, 0) is 31.2 Å². The number of nitrogens with zero attached hydrogens (tertiary/aromatic N) is 6. The number of rotatable bonds is 8. The molecule has 2 N–H and O–H groups in total. The van der Waals surface area contributed by atoms with Crippen molar-refractivity contribution >= 4 is 23.5 Å². The molecule has 0 bridgehead atoms. The van der Waals surface area contributed by atoms with Crippen LogP contribution in [0.25, 0.3) is 5.69 Å². The minimum Gasteiger partial charge on any atom is -0.370 e. The number of pyridine rings is 1. The van der Waals surface area contributed by atoms with E-state index in [9.17, 15) is 0 Å². The van der Waals surface area contributed by atoms with Crippen molar-refractivity contribution in [2.24, 2.45) is 5.92 Å². The summed E-state index contributed by atoms with van der Waals surface area (Å²) >= 11 is 1.63. The van der Waals surface area contributed by atoms with Gasteiger partial charge in [-0.3, -0.25) is 0 Å². The second kappa shape index (κ2) is 8.61. The molecule has 8 nitrogen and oxygen atoms in total. The average molecular weight is 370 g/mol. The summed E-state index contributed by atoms with van der Waals surface area (Å²) in [6, 6.07) is 3.92. The van der Waals surface area contributed by atoms with Crippen LogP contribution in [0.4, 0.5) is 11.8 Å². The van der Waals surface area contributed by atoms with Gasteiger partial charge in [0.2, 0.25) is 5.95 Å². The van der Waals surface area contributed by atoms with Crippen molar-refractivity contribution in [1.82, 2.24) is 29.7 Å². The Morgan fingerprint density at radius 3 is 2.42 bits per heavy atom. The van der Waals surface area contributed by atoms with E-state index in [0.29, 0.717) is 11.9 Å².